The summed E-state index contributed by atoms with van der Waals surface area (Å²) in [4.78, 5) is 16.9. The first-order chi connectivity index (χ1) is 14.1. The second-order valence-corrected chi connectivity index (χ2v) is 8.29. The summed E-state index contributed by atoms with van der Waals surface area (Å²) in [5.41, 5.74) is 5.34. The highest BCUT2D eigenvalue weighted by Gasteiger charge is 2.12. The number of nitrogens with one attached hydrogen (secondary N) is 1. The second kappa shape index (κ2) is 8.59. The lowest BCUT2D eigenvalue weighted by Crippen LogP contribution is -2.14. The van der Waals surface area contributed by atoms with Crippen LogP contribution in [0.25, 0.3) is 16.9 Å². The predicted octanol–water partition coefficient (Wildman–Crippen LogP) is 4.74. The number of thioether (sulfide) groups is 1. The van der Waals surface area contributed by atoms with E-state index in [-0.39, 0.29) is 11.7 Å². The molecule has 2 aromatic carbocycles. The van der Waals surface area contributed by atoms with Crippen molar-refractivity contribution in [1.29, 1.82) is 0 Å². The van der Waals surface area contributed by atoms with E-state index in [9.17, 15) is 4.79 Å². The molecule has 0 aliphatic heterocycles. The SMILES string of the molecule is Cc1ccc(-c2csc(NC(=O)CSc3nncn3-c3ccccc3)n2)cc1C. The van der Waals surface area contributed by atoms with Crippen molar-refractivity contribution in [2.45, 2.75) is 19.0 Å². The molecule has 2 heterocycles. The minimum atomic E-state index is -0.126. The molecule has 29 heavy (non-hydrogen) atoms. The van der Waals surface area contributed by atoms with Gasteiger partial charge in [-0.25, -0.2) is 4.98 Å². The normalized spacial score (nSPS) is 10.8. The number of amides is 1. The number of hydrogen-bond acceptors (Lipinski definition) is 6. The molecule has 0 radical (unpaired) electrons. The number of rotatable bonds is 6. The van der Waals surface area contributed by atoms with Gasteiger partial charge in [0.1, 0.15) is 6.33 Å². The van der Waals surface area contributed by atoms with Gasteiger partial charge in [0.15, 0.2) is 10.3 Å². The van der Waals surface area contributed by atoms with Gasteiger partial charge in [0.25, 0.3) is 0 Å². The molecule has 146 valence electrons. The summed E-state index contributed by atoms with van der Waals surface area (Å²) >= 11 is 2.76. The van der Waals surface area contributed by atoms with Crippen molar-refractivity contribution in [3.63, 3.8) is 0 Å². The van der Waals surface area contributed by atoms with Crippen LogP contribution < -0.4 is 5.32 Å². The second-order valence-electron chi connectivity index (χ2n) is 6.49. The Morgan fingerprint density at radius 1 is 1.14 bits per heavy atom. The zero-order valence-corrected chi connectivity index (χ0v) is 17.6. The first-order valence-electron chi connectivity index (χ1n) is 9.01. The molecule has 0 aliphatic carbocycles. The standard InChI is InChI=1S/C21H19N5OS2/c1-14-8-9-16(10-15(14)2)18-11-28-20(23-18)24-19(27)12-29-21-25-22-13-26(21)17-6-4-3-5-7-17/h3-11,13H,12H2,1-2H3,(H,23,24,27). The average molecular weight is 422 g/mol. The van der Waals surface area contributed by atoms with Gasteiger partial charge in [-0.05, 0) is 43.2 Å². The zero-order valence-electron chi connectivity index (χ0n) is 16.0. The minimum absolute atomic E-state index is 0.126. The molecule has 0 aliphatic rings. The lowest BCUT2D eigenvalue weighted by Gasteiger charge is -2.05. The van der Waals surface area contributed by atoms with Crippen LogP contribution in [0.4, 0.5) is 5.13 Å². The Morgan fingerprint density at radius 2 is 1.97 bits per heavy atom. The first-order valence-corrected chi connectivity index (χ1v) is 10.9. The molecule has 0 saturated carbocycles. The third-order valence-electron chi connectivity index (χ3n) is 4.44. The van der Waals surface area contributed by atoms with Crippen molar-refractivity contribution >= 4 is 34.1 Å². The fourth-order valence-electron chi connectivity index (χ4n) is 2.74. The van der Waals surface area contributed by atoms with Crippen LogP contribution in [0, 0.1) is 13.8 Å². The Bertz CT molecular complexity index is 1140. The zero-order chi connectivity index (χ0) is 20.2. The highest BCUT2D eigenvalue weighted by atomic mass is 32.2. The van der Waals surface area contributed by atoms with Crippen molar-refractivity contribution in [2.24, 2.45) is 0 Å². The van der Waals surface area contributed by atoms with E-state index in [1.54, 1.807) is 6.33 Å². The van der Waals surface area contributed by atoms with E-state index >= 15 is 0 Å². The van der Waals surface area contributed by atoms with E-state index in [1.165, 1.54) is 34.2 Å². The maximum absolute atomic E-state index is 12.4. The summed E-state index contributed by atoms with van der Waals surface area (Å²) in [5.74, 6) is 0.1000. The van der Waals surface area contributed by atoms with Gasteiger partial charge >= 0.3 is 0 Å². The summed E-state index contributed by atoms with van der Waals surface area (Å²) in [7, 11) is 0. The molecule has 0 spiro atoms. The molecular formula is C21H19N5OS2. The first kappa shape index (κ1) is 19.4. The molecule has 1 N–H and O–H groups in total. The topological polar surface area (TPSA) is 72.7 Å². The van der Waals surface area contributed by atoms with Crippen molar-refractivity contribution < 1.29 is 4.79 Å². The van der Waals surface area contributed by atoms with Crippen LogP contribution in [0.1, 0.15) is 11.1 Å². The molecule has 0 unspecified atom stereocenters. The molecule has 0 bridgehead atoms. The molecule has 0 saturated heterocycles. The number of aryl methyl sites for hydroxylation is 2. The molecule has 2 aromatic heterocycles. The quantitative estimate of drug-likeness (QED) is 0.455. The maximum atomic E-state index is 12.4. The molecular weight excluding hydrogens is 402 g/mol. The van der Waals surface area contributed by atoms with Crippen LogP contribution in [-0.2, 0) is 4.79 Å². The molecule has 6 nitrogen and oxygen atoms in total. The fourth-order valence-corrected chi connectivity index (χ4v) is 4.20. The average Bonchev–Trinajstić information content (AvgIpc) is 3.39. The van der Waals surface area contributed by atoms with Crippen LogP contribution in [0.15, 0.2) is 65.4 Å². The minimum Gasteiger partial charge on any atom is -0.301 e. The third-order valence-corrected chi connectivity index (χ3v) is 6.14. The summed E-state index contributed by atoms with van der Waals surface area (Å²) in [6, 6.07) is 16.0. The Balaban J connectivity index is 1.38. The van der Waals surface area contributed by atoms with Gasteiger partial charge in [-0.15, -0.1) is 21.5 Å². The van der Waals surface area contributed by atoms with Crippen LogP contribution in [-0.4, -0.2) is 31.4 Å². The van der Waals surface area contributed by atoms with Gasteiger partial charge in [-0.2, -0.15) is 0 Å². The molecule has 4 rings (SSSR count). The van der Waals surface area contributed by atoms with Crippen LogP contribution >= 0.6 is 23.1 Å². The number of aromatic nitrogens is 4. The number of thiazole rings is 1. The molecule has 4 aromatic rings. The lowest BCUT2D eigenvalue weighted by molar-refractivity contribution is -0.113. The van der Waals surface area contributed by atoms with Gasteiger partial charge in [-0.3, -0.25) is 9.36 Å². The van der Waals surface area contributed by atoms with Crippen LogP contribution in [0.5, 0.6) is 0 Å². The number of hydrogen-bond donors (Lipinski definition) is 1. The van der Waals surface area contributed by atoms with E-state index in [2.05, 4.69) is 52.5 Å². The van der Waals surface area contributed by atoms with Crippen molar-refractivity contribution in [3.05, 3.63) is 71.4 Å². The molecule has 1 amide bonds. The van der Waals surface area contributed by atoms with E-state index < -0.39 is 0 Å². The van der Waals surface area contributed by atoms with Gasteiger partial charge in [0.2, 0.25) is 5.91 Å². The monoisotopic (exact) mass is 421 g/mol. The fraction of sp³-hybridized carbons (Fsp3) is 0.143. The number of anilines is 1. The number of carbonyl (C=O) groups excluding carboxylic acids is 1. The van der Waals surface area contributed by atoms with E-state index in [4.69, 9.17) is 0 Å². The van der Waals surface area contributed by atoms with Crippen molar-refractivity contribution in [2.75, 3.05) is 11.1 Å². The van der Waals surface area contributed by atoms with Crippen LogP contribution in [0.3, 0.4) is 0 Å². The number of benzene rings is 2. The predicted molar refractivity (Wildman–Crippen MR) is 118 cm³/mol. The number of carbonyl (C=O) groups is 1. The summed E-state index contributed by atoms with van der Waals surface area (Å²) in [5, 5.41) is 14.2. The Kier molecular flexibility index (Phi) is 5.73. The lowest BCUT2D eigenvalue weighted by atomic mass is 10.1. The smallest absolute Gasteiger partial charge is 0.236 e. The maximum Gasteiger partial charge on any atom is 0.236 e. The highest BCUT2D eigenvalue weighted by molar-refractivity contribution is 7.99. The van der Waals surface area contributed by atoms with Gasteiger partial charge in [0, 0.05) is 16.6 Å². The Labute approximate surface area is 177 Å². The van der Waals surface area contributed by atoms with E-state index in [0.29, 0.717) is 10.3 Å². The van der Waals surface area contributed by atoms with Crippen LogP contribution in [0.2, 0.25) is 0 Å². The summed E-state index contributed by atoms with van der Waals surface area (Å²) in [6.45, 7) is 4.17. The molecule has 0 atom stereocenters. The number of nitrogens with zero attached hydrogens (tertiary/aromatic N) is 4. The van der Waals surface area contributed by atoms with Gasteiger partial charge in [0.05, 0.1) is 11.4 Å². The van der Waals surface area contributed by atoms with E-state index in [1.807, 2.05) is 40.3 Å². The van der Waals surface area contributed by atoms with Gasteiger partial charge < -0.3 is 5.32 Å². The highest BCUT2D eigenvalue weighted by Crippen LogP contribution is 2.27. The Hall–Kier alpha value is -2.97. The van der Waals surface area contributed by atoms with Crippen molar-refractivity contribution in [3.8, 4) is 16.9 Å². The Morgan fingerprint density at radius 3 is 2.76 bits per heavy atom. The van der Waals surface area contributed by atoms with Crippen molar-refractivity contribution in [1.82, 2.24) is 19.7 Å². The largest absolute Gasteiger partial charge is 0.301 e. The molecule has 8 heteroatoms. The third kappa shape index (κ3) is 4.55. The summed E-state index contributed by atoms with van der Waals surface area (Å²) < 4.78 is 1.86. The summed E-state index contributed by atoms with van der Waals surface area (Å²) in [6.07, 6.45) is 1.65. The van der Waals surface area contributed by atoms with Gasteiger partial charge in [-0.1, -0.05) is 42.1 Å². The molecule has 0 fully saturated rings. The van der Waals surface area contributed by atoms with E-state index in [0.717, 1.165) is 16.9 Å². The number of para-hydroxylation sites is 1.